The number of aliphatic hydroxyl groups excluding tert-OH is 1. The summed E-state index contributed by atoms with van der Waals surface area (Å²) in [5.41, 5.74) is 1.54. The summed E-state index contributed by atoms with van der Waals surface area (Å²) in [6, 6.07) is 10.5. The van der Waals surface area contributed by atoms with E-state index >= 15 is 0 Å². The molecule has 1 aliphatic heterocycles. The highest BCUT2D eigenvalue weighted by Gasteiger charge is 2.33. The first-order valence-electron chi connectivity index (χ1n) is 7.83. The minimum absolute atomic E-state index is 0.0621. The summed E-state index contributed by atoms with van der Waals surface area (Å²) in [7, 11) is 0. The van der Waals surface area contributed by atoms with Gasteiger partial charge in [0, 0.05) is 17.4 Å². The SMILES string of the molecule is CCOC(=O)C1=C(O)C(=Cc2ccncc2)SC1=Nc1ccc(Cl)cc1. The average Bonchev–Trinajstić information content (AvgIpc) is 2.93. The fourth-order valence-corrected chi connectivity index (χ4v) is 3.40. The van der Waals surface area contributed by atoms with Crippen LogP contribution in [0, 0.1) is 0 Å². The van der Waals surface area contributed by atoms with Crippen LogP contribution >= 0.6 is 23.4 Å². The number of hydrogen-bond acceptors (Lipinski definition) is 6. The lowest BCUT2D eigenvalue weighted by Crippen LogP contribution is -2.12. The zero-order valence-electron chi connectivity index (χ0n) is 13.8. The number of ether oxygens (including phenoxy) is 1. The fourth-order valence-electron chi connectivity index (χ4n) is 2.24. The first kappa shape index (κ1) is 18.2. The van der Waals surface area contributed by atoms with Crippen molar-refractivity contribution in [1.82, 2.24) is 4.98 Å². The van der Waals surface area contributed by atoms with Crippen LogP contribution in [0.25, 0.3) is 6.08 Å². The standard InChI is InChI=1S/C19H15ClN2O3S/c1-2-25-19(24)16-17(23)15(11-12-7-9-21-10-8-12)26-18(16)22-14-5-3-13(20)4-6-14/h3-11,23H,2H2,1H3. The molecule has 0 spiro atoms. The van der Waals surface area contributed by atoms with Crippen molar-refractivity contribution in [2.45, 2.75) is 6.92 Å². The van der Waals surface area contributed by atoms with Crippen LogP contribution in [0.2, 0.25) is 5.02 Å². The fraction of sp³-hybridized carbons (Fsp3) is 0.105. The van der Waals surface area contributed by atoms with Crippen LogP contribution in [0.3, 0.4) is 0 Å². The Morgan fingerprint density at radius 1 is 1.27 bits per heavy atom. The summed E-state index contributed by atoms with van der Waals surface area (Å²) in [6.07, 6.45) is 5.08. The number of carbonyl (C=O) groups is 1. The number of aliphatic imine (C=N–C) groups is 1. The number of benzene rings is 1. The quantitative estimate of drug-likeness (QED) is 0.754. The molecule has 2 heterocycles. The number of aromatic nitrogens is 1. The first-order chi connectivity index (χ1) is 12.6. The molecule has 0 aliphatic carbocycles. The predicted octanol–water partition coefficient (Wildman–Crippen LogP) is 4.93. The maximum atomic E-state index is 12.3. The molecule has 1 N–H and O–H groups in total. The Labute approximate surface area is 160 Å². The van der Waals surface area contributed by atoms with Gasteiger partial charge in [0.25, 0.3) is 0 Å². The molecule has 1 aromatic carbocycles. The number of rotatable bonds is 4. The van der Waals surface area contributed by atoms with Gasteiger partial charge in [-0.25, -0.2) is 9.79 Å². The van der Waals surface area contributed by atoms with Crippen molar-refractivity contribution >= 4 is 46.1 Å². The number of halogens is 1. The molecule has 1 aliphatic rings. The van der Waals surface area contributed by atoms with E-state index in [0.29, 0.717) is 20.7 Å². The van der Waals surface area contributed by atoms with Crippen molar-refractivity contribution in [2.75, 3.05) is 6.61 Å². The van der Waals surface area contributed by atoms with E-state index in [1.807, 2.05) is 0 Å². The molecule has 0 radical (unpaired) electrons. The molecule has 3 rings (SSSR count). The van der Waals surface area contributed by atoms with Gasteiger partial charge < -0.3 is 9.84 Å². The second-order valence-corrected chi connectivity index (χ2v) is 6.70. The van der Waals surface area contributed by atoms with Crippen LogP contribution in [-0.2, 0) is 9.53 Å². The van der Waals surface area contributed by atoms with Gasteiger partial charge in [0.15, 0.2) is 0 Å². The number of carbonyl (C=O) groups excluding carboxylic acids is 1. The van der Waals surface area contributed by atoms with E-state index in [1.54, 1.807) is 61.8 Å². The van der Waals surface area contributed by atoms with Crippen molar-refractivity contribution < 1.29 is 14.6 Å². The Bertz CT molecular complexity index is 906. The lowest BCUT2D eigenvalue weighted by atomic mass is 10.2. The summed E-state index contributed by atoms with van der Waals surface area (Å²) in [6.45, 7) is 1.92. The molecule has 0 amide bonds. The second kappa shape index (κ2) is 8.21. The zero-order valence-corrected chi connectivity index (χ0v) is 15.4. The molecule has 1 aromatic heterocycles. The lowest BCUT2D eigenvalue weighted by molar-refractivity contribution is -0.138. The molecule has 2 aromatic rings. The molecular weight excluding hydrogens is 372 g/mol. The maximum absolute atomic E-state index is 12.3. The van der Waals surface area contributed by atoms with Gasteiger partial charge >= 0.3 is 5.97 Å². The Balaban J connectivity index is 2.02. The van der Waals surface area contributed by atoms with Crippen LogP contribution in [0.1, 0.15) is 12.5 Å². The van der Waals surface area contributed by atoms with Gasteiger partial charge in [-0.2, -0.15) is 0 Å². The van der Waals surface area contributed by atoms with Crippen LogP contribution in [0.15, 0.2) is 70.0 Å². The summed E-state index contributed by atoms with van der Waals surface area (Å²) in [5, 5.41) is 11.5. The number of thioether (sulfide) groups is 1. The van der Waals surface area contributed by atoms with Crippen LogP contribution in [-0.4, -0.2) is 27.7 Å². The molecule has 5 nitrogen and oxygen atoms in total. The molecular formula is C19H15ClN2O3S. The monoisotopic (exact) mass is 386 g/mol. The third-order valence-corrected chi connectivity index (χ3v) is 4.70. The topological polar surface area (TPSA) is 71.8 Å². The van der Waals surface area contributed by atoms with E-state index in [-0.39, 0.29) is 17.9 Å². The molecule has 0 unspecified atom stereocenters. The minimum Gasteiger partial charge on any atom is -0.506 e. The van der Waals surface area contributed by atoms with Crippen molar-refractivity contribution in [3.8, 4) is 0 Å². The summed E-state index contributed by atoms with van der Waals surface area (Å²) in [5.74, 6) is -0.749. The average molecular weight is 387 g/mol. The summed E-state index contributed by atoms with van der Waals surface area (Å²) >= 11 is 7.10. The van der Waals surface area contributed by atoms with Crippen molar-refractivity contribution in [1.29, 1.82) is 0 Å². The molecule has 0 atom stereocenters. The van der Waals surface area contributed by atoms with E-state index in [1.165, 1.54) is 11.8 Å². The first-order valence-corrected chi connectivity index (χ1v) is 9.03. The van der Waals surface area contributed by atoms with E-state index in [4.69, 9.17) is 16.3 Å². The number of nitrogens with zero attached hydrogens (tertiary/aromatic N) is 2. The zero-order chi connectivity index (χ0) is 18.5. The van der Waals surface area contributed by atoms with Crippen LogP contribution in [0.4, 0.5) is 5.69 Å². The summed E-state index contributed by atoms with van der Waals surface area (Å²) < 4.78 is 5.07. The molecule has 132 valence electrons. The van der Waals surface area contributed by atoms with E-state index in [9.17, 15) is 9.90 Å². The van der Waals surface area contributed by atoms with Gasteiger partial charge in [-0.15, -0.1) is 0 Å². The third kappa shape index (κ3) is 4.15. The largest absolute Gasteiger partial charge is 0.506 e. The van der Waals surface area contributed by atoms with Gasteiger partial charge in [-0.3, -0.25) is 4.98 Å². The molecule has 0 saturated heterocycles. The Hall–Kier alpha value is -2.57. The Kier molecular flexibility index (Phi) is 5.75. The van der Waals surface area contributed by atoms with Gasteiger partial charge in [-0.1, -0.05) is 23.4 Å². The van der Waals surface area contributed by atoms with Crippen molar-refractivity contribution in [2.24, 2.45) is 4.99 Å². The third-order valence-electron chi connectivity index (χ3n) is 3.43. The smallest absolute Gasteiger partial charge is 0.344 e. The van der Waals surface area contributed by atoms with Gasteiger partial charge in [0.1, 0.15) is 16.4 Å². The van der Waals surface area contributed by atoms with Crippen LogP contribution in [0.5, 0.6) is 0 Å². The Morgan fingerprint density at radius 3 is 2.62 bits per heavy atom. The van der Waals surface area contributed by atoms with Gasteiger partial charge in [0.05, 0.1) is 17.2 Å². The molecule has 7 heteroatoms. The molecule has 0 saturated carbocycles. The number of aliphatic hydroxyl groups is 1. The summed E-state index contributed by atoms with van der Waals surface area (Å²) in [4.78, 5) is 21.3. The highest BCUT2D eigenvalue weighted by atomic mass is 35.5. The van der Waals surface area contributed by atoms with E-state index in [0.717, 1.165) is 5.56 Å². The lowest BCUT2D eigenvalue weighted by Gasteiger charge is -2.03. The Morgan fingerprint density at radius 2 is 1.96 bits per heavy atom. The van der Waals surface area contributed by atoms with E-state index < -0.39 is 5.97 Å². The van der Waals surface area contributed by atoms with Crippen LogP contribution < -0.4 is 0 Å². The normalized spacial score (nSPS) is 17.2. The number of hydrogen-bond donors (Lipinski definition) is 1. The van der Waals surface area contributed by atoms with Crippen molar-refractivity contribution in [3.05, 3.63) is 75.6 Å². The number of pyridine rings is 1. The van der Waals surface area contributed by atoms with Crippen molar-refractivity contribution in [3.63, 3.8) is 0 Å². The minimum atomic E-state index is -0.608. The van der Waals surface area contributed by atoms with E-state index in [2.05, 4.69) is 9.98 Å². The predicted molar refractivity (Wildman–Crippen MR) is 105 cm³/mol. The molecule has 0 fully saturated rings. The van der Waals surface area contributed by atoms with Gasteiger partial charge in [0.2, 0.25) is 0 Å². The maximum Gasteiger partial charge on any atom is 0.344 e. The second-order valence-electron chi connectivity index (χ2n) is 5.23. The molecule has 0 bridgehead atoms. The number of esters is 1. The highest BCUT2D eigenvalue weighted by molar-refractivity contribution is 8.18. The highest BCUT2D eigenvalue weighted by Crippen LogP contribution is 2.40. The molecule has 26 heavy (non-hydrogen) atoms. The van der Waals surface area contributed by atoms with Gasteiger partial charge in [-0.05, 0) is 55.0 Å².